The molecule has 1 atom stereocenters. The van der Waals surface area contributed by atoms with Gasteiger partial charge < -0.3 is 14.8 Å². The van der Waals surface area contributed by atoms with Gasteiger partial charge in [-0.1, -0.05) is 6.42 Å². The first-order valence-corrected chi connectivity index (χ1v) is 9.74. The zero-order valence-corrected chi connectivity index (χ0v) is 15.6. The zero-order valence-electron chi connectivity index (χ0n) is 15.6. The molecule has 1 aromatic heterocycles. The van der Waals surface area contributed by atoms with E-state index in [2.05, 4.69) is 20.1 Å². The maximum atomic E-state index is 13.1. The average molecular weight is 367 g/mol. The van der Waals surface area contributed by atoms with Gasteiger partial charge in [-0.2, -0.15) is 0 Å². The number of anilines is 1. The van der Waals surface area contributed by atoms with Gasteiger partial charge in [0, 0.05) is 37.7 Å². The molecule has 142 valence electrons. The van der Waals surface area contributed by atoms with Gasteiger partial charge in [0.1, 0.15) is 5.82 Å². The van der Waals surface area contributed by atoms with Crippen molar-refractivity contribution in [1.82, 2.24) is 19.7 Å². The van der Waals surface area contributed by atoms with Crippen molar-refractivity contribution in [3.05, 3.63) is 41.5 Å². The van der Waals surface area contributed by atoms with Crippen molar-refractivity contribution in [3.8, 4) is 0 Å². The van der Waals surface area contributed by atoms with E-state index in [9.17, 15) is 9.59 Å². The van der Waals surface area contributed by atoms with Crippen LogP contribution in [0.1, 0.15) is 67.1 Å². The molecule has 4 rings (SSSR count). The third-order valence-electron chi connectivity index (χ3n) is 5.40. The maximum absolute atomic E-state index is 13.1. The van der Waals surface area contributed by atoms with Gasteiger partial charge in [0.05, 0.1) is 6.04 Å². The summed E-state index contributed by atoms with van der Waals surface area (Å²) in [6.45, 7) is 3.15. The minimum absolute atomic E-state index is 0.00753. The van der Waals surface area contributed by atoms with Gasteiger partial charge in [-0.25, -0.2) is 0 Å². The van der Waals surface area contributed by atoms with E-state index in [0.29, 0.717) is 11.3 Å². The molecule has 1 N–H and O–H groups in total. The predicted molar refractivity (Wildman–Crippen MR) is 101 cm³/mol. The zero-order chi connectivity index (χ0) is 18.8. The molecule has 2 amide bonds. The minimum atomic E-state index is -0.124. The number of benzene rings is 1. The quantitative estimate of drug-likeness (QED) is 0.904. The Balaban J connectivity index is 1.55. The number of aryl methyl sites for hydroxylation is 1. The molecule has 0 spiro atoms. The summed E-state index contributed by atoms with van der Waals surface area (Å²) < 4.78 is 2.24. The van der Waals surface area contributed by atoms with Crippen LogP contribution in [0.3, 0.4) is 0 Å². The Bertz CT molecular complexity index is 843. The van der Waals surface area contributed by atoms with Crippen LogP contribution in [-0.4, -0.2) is 38.0 Å². The predicted octanol–water partition coefficient (Wildman–Crippen LogP) is 2.94. The molecule has 1 aromatic carbocycles. The number of nitrogens with zero attached hydrogens (tertiary/aromatic N) is 4. The maximum Gasteiger partial charge on any atom is 0.254 e. The van der Waals surface area contributed by atoms with Crippen molar-refractivity contribution < 1.29 is 9.59 Å². The van der Waals surface area contributed by atoms with E-state index in [1.807, 2.05) is 4.90 Å². The summed E-state index contributed by atoms with van der Waals surface area (Å²) in [6.07, 6.45) is 6.39. The van der Waals surface area contributed by atoms with Crippen LogP contribution in [0.4, 0.5) is 5.69 Å². The fraction of sp³-hybridized carbons (Fsp3) is 0.500. The molecular weight excluding hydrogens is 342 g/mol. The summed E-state index contributed by atoms with van der Waals surface area (Å²) in [7, 11) is 0. The number of hydrogen-bond donors (Lipinski definition) is 1. The number of nitrogens with one attached hydrogen (secondary N) is 1. The lowest BCUT2D eigenvalue weighted by molar-refractivity contribution is -0.114. The normalized spacial score (nSPS) is 19.4. The van der Waals surface area contributed by atoms with Crippen molar-refractivity contribution in [2.45, 2.75) is 58.0 Å². The third-order valence-corrected chi connectivity index (χ3v) is 5.40. The second kappa shape index (κ2) is 7.50. The van der Waals surface area contributed by atoms with E-state index in [4.69, 9.17) is 0 Å². The molecule has 3 heterocycles. The van der Waals surface area contributed by atoms with Gasteiger partial charge in [0.2, 0.25) is 5.91 Å². The van der Waals surface area contributed by atoms with Crippen LogP contribution in [-0.2, 0) is 17.8 Å². The summed E-state index contributed by atoms with van der Waals surface area (Å²) in [5.74, 6) is 1.88. The highest BCUT2D eigenvalue weighted by atomic mass is 16.2. The van der Waals surface area contributed by atoms with E-state index in [-0.39, 0.29) is 17.9 Å². The molecule has 0 radical (unpaired) electrons. The summed E-state index contributed by atoms with van der Waals surface area (Å²) in [5.41, 5.74) is 1.33. The standard InChI is InChI=1S/C20H25N5O2/c1-14(26)21-16-10-8-15(9-11-16)20(27)24-13-5-6-17(24)19-23-22-18-7-3-2-4-12-25(18)19/h8-11,17H,2-7,12-13H2,1H3,(H,21,26). The summed E-state index contributed by atoms with van der Waals surface area (Å²) >= 11 is 0. The van der Waals surface area contributed by atoms with Gasteiger partial charge in [-0.15, -0.1) is 10.2 Å². The summed E-state index contributed by atoms with van der Waals surface area (Å²) in [4.78, 5) is 26.2. The number of carbonyl (C=O) groups is 2. The van der Waals surface area contributed by atoms with Crippen LogP contribution in [0.2, 0.25) is 0 Å². The Kier molecular flexibility index (Phi) is 4.92. The molecule has 1 saturated heterocycles. The van der Waals surface area contributed by atoms with Gasteiger partial charge in [0.15, 0.2) is 5.82 Å². The van der Waals surface area contributed by atoms with Crippen molar-refractivity contribution in [3.63, 3.8) is 0 Å². The molecule has 27 heavy (non-hydrogen) atoms. The van der Waals surface area contributed by atoms with Crippen molar-refractivity contribution in [2.75, 3.05) is 11.9 Å². The second-order valence-electron chi connectivity index (χ2n) is 7.35. The Morgan fingerprint density at radius 1 is 1.04 bits per heavy atom. The first kappa shape index (κ1) is 17.7. The van der Waals surface area contributed by atoms with Crippen LogP contribution in [0, 0.1) is 0 Å². The summed E-state index contributed by atoms with van der Waals surface area (Å²) in [5, 5.41) is 11.6. The molecular formula is C20H25N5O2. The number of hydrogen-bond acceptors (Lipinski definition) is 4. The lowest BCUT2D eigenvalue weighted by Crippen LogP contribution is -2.32. The van der Waals surface area contributed by atoms with Crippen LogP contribution in [0.25, 0.3) is 0 Å². The SMILES string of the molecule is CC(=O)Nc1ccc(C(=O)N2CCCC2c2nnc3n2CCCCC3)cc1. The van der Waals surface area contributed by atoms with Crippen LogP contribution < -0.4 is 5.32 Å². The number of fused-ring (bicyclic) bond motifs is 1. The molecule has 0 bridgehead atoms. The van der Waals surface area contributed by atoms with Gasteiger partial charge in [-0.05, 0) is 49.9 Å². The third kappa shape index (κ3) is 3.59. The number of amides is 2. The van der Waals surface area contributed by atoms with Gasteiger partial charge in [-0.3, -0.25) is 9.59 Å². The Hall–Kier alpha value is -2.70. The number of aromatic nitrogens is 3. The molecule has 2 aromatic rings. The lowest BCUT2D eigenvalue weighted by atomic mass is 10.1. The van der Waals surface area contributed by atoms with Gasteiger partial charge >= 0.3 is 0 Å². The number of likely N-dealkylation sites (tertiary alicyclic amines) is 1. The smallest absolute Gasteiger partial charge is 0.254 e. The van der Waals surface area contributed by atoms with E-state index in [0.717, 1.165) is 56.8 Å². The summed E-state index contributed by atoms with van der Waals surface area (Å²) in [6, 6.07) is 7.07. The van der Waals surface area contributed by atoms with E-state index in [1.54, 1.807) is 24.3 Å². The fourth-order valence-electron chi connectivity index (χ4n) is 4.10. The highest BCUT2D eigenvalue weighted by Gasteiger charge is 2.34. The molecule has 0 aliphatic carbocycles. The van der Waals surface area contributed by atoms with E-state index >= 15 is 0 Å². The van der Waals surface area contributed by atoms with Crippen LogP contribution >= 0.6 is 0 Å². The van der Waals surface area contributed by atoms with Crippen LogP contribution in [0.5, 0.6) is 0 Å². The Morgan fingerprint density at radius 3 is 2.63 bits per heavy atom. The molecule has 1 unspecified atom stereocenters. The molecule has 1 fully saturated rings. The minimum Gasteiger partial charge on any atom is -0.328 e. The molecule has 7 heteroatoms. The topological polar surface area (TPSA) is 80.1 Å². The first-order chi connectivity index (χ1) is 13.1. The Labute approximate surface area is 158 Å². The second-order valence-corrected chi connectivity index (χ2v) is 7.35. The number of rotatable bonds is 3. The highest BCUT2D eigenvalue weighted by molar-refractivity contribution is 5.95. The van der Waals surface area contributed by atoms with Crippen molar-refractivity contribution in [2.24, 2.45) is 0 Å². The monoisotopic (exact) mass is 367 g/mol. The Morgan fingerprint density at radius 2 is 1.85 bits per heavy atom. The molecule has 2 aliphatic rings. The largest absolute Gasteiger partial charge is 0.328 e. The number of carbonyl (C=O) groups excluding carboxylic acids is 2. The van der Waals surface area contributed by atoms with Gasteiger partial charge in [0.25, 0.3) is 5.91 Å². The van der Waals surface area contributed by atoms with Crippen LogP contribution in [0.15, 0.2) is 24.3 Å². The molecule has 2 aliphatic heterocycles. The van der Waals surface area contributed by atoms with Crippen molar-refractivity contribution >= 4 is 17.5 Å². The molecule has 7 nitrogen and oxygen atoms in total. The average Bonchev–Trinajstić information content (AvgIpc) is 3.22. The lowest BCUT2D eigenvalue weighted by Gasteiger charge is -2.25. The van der Waals surface area contributed by atoms with Crippen molar-refractivity contribution in [1.29, 1.82) is 0 Å². The first-order valence-electron chi connectivity index (χ1n) is 9.74. The fourth-order valence-corrected chi connectivity index (χ4v) is 4.10. The molecule has 0 saturated carbocycles. The highest BCUT2D eigenvalue weighted by Crippen LogP contribution is 2.33. The van der Waals surface area contributed by atoms with E-state index < -0.39 is 0 Å². The van der Waals surface area contributed by atoms with E-state index in [1.165, 1.54) is 13.3 Å².